The number of aromatic nitrogens is 2. The molecular weight excluding hydrogens is 278 g/mol. The molecule has 0 saturated carbocycles. The van der Waals surface area contributed by atoms with Gasteiger partial charge in [-0.25, -0.2) is 4.79 Å². The van der Waals surface area contributed by atoms with E-state index >= 15 is 0 Å². The van der Waals surface area contributed by atoms with Gasteiger partial charge < -0.3 is 10.4 Å². The number of hydrogen-bond acceptors (Lipinski definition) is 5. The zero-order valence-electron chi connectivity index (χ0n) is 8.75. The molecule has 0 saturated heterocycles. The average Bonchev–Trinajstić information content (AvgIpc) is 2.85. The fourth-order valence-electron chi connectivity index (χ4n) is 1.27. The topological polar surface area (TPSA) is 92.2 Å². The Morgan fingerprint density at radius 3 is 2.78 bits per heavy atom. The Labute approximate surface area is 110 Å². The smallest absolute Gasteiger partial charge is 0.337 e. The van der Waals surface area contributed by atoms with Crippen molar-refractivity contribution in [3.05, 3.63) is 39.9 Å². The van der Waals surface area contributed by atoms with Crippen LogP contribution in [0, 0.1) is 0 Å². The van der Waals surface area contributed by atoms with Crippen LogP contribution in [0.15, 0.2) is 23.6 Å². The van der Waals surface area contributed by atoms with Gasteiger partial charge in [0, 0.05) is 5.38 Å². The highest BCUT2D eigenvalue weighted by molar-refractivity contribution is 7.03. The van der Waals surface area contributed by atoms with Crippen LogP contribution in [-0.4, -0.2) is 26.6 Å². The molecule has 0 atom stereocenters. The summed E-state index contributed by atoms with van der Waals surface area (Å²) in [6.07, 6.45) is 0. The fraction of sp³-hybridized carbons (Fsp3) is 0. The van der Waals surface area contributed by atoms with E-state index in [4.69, 9.17) is 16.7 Å². The minimum Gasteiger partial charge on any atom is -0.478 e. The van der Waals surface area contributed by atoms with Crippen molar-refractivity contribution < 1.29 is 14.7 Å². The summed E-state index contributed by atoms with van der Waals surface area (Å²) in [6, 6.07) is 4.33. The highest BCUT2D eigenvalue weighted by Gasteiger charge is 2.17. The highest BCUT2D eigenvalue weighted by Crippen LogP contribution is 2.26. The lowest BCUT2D eigenvalue weighted by Gasteiger charge is -2.08. The molecule has 0 aliphatic carbocycles. The maximum Gasteiger partial charge on any atom is 0.337 e. The van der Waals surface area contributed by atoms with Crippen LogP contribution in [0.5, 0.6) is 0 Å². The van der Waals surface area contributed by atoms with Crippen LogP contribution in [0.3, 0.4) is 0 Å². The molecule has 0 radical (unpaired) electrons. The van der Waals surface area contributed by atoms with Gasteiger partial charge in [-0.15, -0.1) is 5.10 Å². The number of carbonyl (C=O) groups is 2. The van der Waals surface area contributed by atoms with Crippen molar-refractivity contribution in [1.29, 1.82) is 0 Å². The second-order valence-electron chi connectivity index (χ2n) is 3.21. The second-order valence-corrected chi connectivity index (χ2v) is 4.23. The molecule has 1 aromatic heterocycles. The summed E-state index contributed by atoms with van der Waals surface area (Å²) in [5, 5.41) is 16.6. The molecule has 0 unspecified atom stereocenters. The Hall–Kier alpha value is -1.99. The molecule has 1 heterocycles. The molecule has 0 spiro atoms. The van der Waals surface area contributed by atoms with Crippen molar-refractivity contribution in [2.24, 2.45) is 0 Å². The minimum atomic E-state index is -1.18. The second kappa shape index (κ2) is 5.11. The van der Waals surface area contributed by atoms with E-state index in [9.17, 15) is 9.59 Å². The van der Waals surface area contributed by atoms with Crippen LogP contribution in [0.1, 0.15) is 20.8 Å². The van der Waals surface area contributed by atoms with Crippen LogP contribution < -0.4 is 5.32 Å². The Kier molecular flexibility index (Phi) is 3.54. The quantitative estimate of drug-likeness (QED) is 0.900. The Balaban J connectivity index is 2.34. The first kappa shape index (κ1) is 12.5. The number of nitrogens with one attached hydrogen (secondary N) is 1. The lowest BCUT2D eigenvalue weighted by Crippen LogP contribution is -2.15. The number of hydrogen-bond donors (Lipinski definition) is 2. The number of aromatic carboxylic acids is 1. The number of carboxylic acids is 1. The first-order chi connectivity index (χ1) is 8.59. The van der Waals surface area contributed by atoms with Gasteiger partial charge >= 0.3 is 5.97 Å². The zero-order chi connectivity index (χ0) is 13.1. The third-order valence-corrected chi connectivity index (χ3v) is 2.89. The van der Waals surface area contributed by atoms with E-state index in [1.165, 1.54) is 23.6 Å². The minimum absolute atomic E-state index is 0.0460. The van der Waals surface area contributed by atoms with Gasteiger partial charge in [-0.05, 0) is 23.7 Å². The molecule has 2 rings (SSSR count). The molecule has 0 aliphatic heterocycles. The summed E-state index contributed by atoms with van der Waals surface area (Å²) in [4.78, 5) is 22.7. The SMILES string of the molecule is O=C(Nc1c(Cl)cccc1C(=O)O)c1csnn1. The zero-order valence-corrected chi connectivity index (χ0v) is 10.3. The number of nitrogens with zero attached hydrogens (tertiary/aromatic N) is 2. The first-order valence-electron chi connectivity index (χ1n) is 4.70. The normalized spacial score (nSPS) is 10.1. The number of anilines is 1. The maximum atomic E-state index is 11.7. The molecule has 2 N–H and O–H groups in total. The lowest BCUT2D eigenvalue weighted by molar-refractivity contribution is 0.0698. The van der Waals surface area contributed by atoms with Crippen molar-refractivity contribution >= 4 is 40.7 Å². The molecule has 0 aliphatic rings. The predicted molar refractivity (Wildman–Crippen MR) is 66.3 cm³/mol. The molecule has 18 heavy (non-hydrogen) atoms. The maximum absolute atomic E-state index is 11.7. The monoisotopic (exact) mass is 283 g/mol. The van der Waals surface area contributed by atoms with Gasteiger partial charge in [0.05, 0.1) is 16.3 Å². The molecule has 0 bridgehead atoms. The number of amides is 1. The molecule has 6 nitrogen and oxygen atoms in total. The molecule has 1 amide bonds. The van der Waals surface area contributed by atoms with Gasteiger partial charge in [0.25, 0.3) is 5.91 Å². The van der Waals surface area contributed by atoms with E-state index in [-0.39, 0.29) is 22.0 Å². The third kappa shape index (κ3) is 2.47. The van der Waals surface area contributed by atoms with Crippen LogP contribution in [-0.2, 0) is 0 Å². The van der Waals surface area contributed by atoms with Crippen molar-refractivity contribution in [3.8, 4) is 0 Å². The molecular formula is C10H6ClN3O3S. The van der Waals surface area contributed by atoms with Gasteiger partial charge in [-0.2, -0.15) is 0 Å². The number of halogens is 1. The Morgan fingerprint density at radius 2 is 2.17 bits per heavy atom. The number of carbonyl (C=O) groups excluding carboxylic acids is 1. The molecule has 8 heteroatoms. The van der Waals surface area contributed by atoms with E-state index in [0.717, 1.165) is 11.5 Å². The standard InChI is InChI=1S/C10H6ClN3O3S/c11-6-3-1-2-5(10(16)17)8(6)12-9(15)7-4-18-14-13-7/h1-4H,(H,12,15)(H,16,17). The van der Waals surface area contributed by atoms with E-state index in [2.05, 4.69) is 14.9 Å². The Morgan fingerprint density at radius 1 is 1.39 bits per heavy atom. The molecule has 2 aromatic rings. The molecule has 0 fully saturated rings. The van der Waals surface area contributed by atoms with Crippen molar-refractivity contribution in [1.82, 2.24) is 9.59 Å². The van der Waals surface area contributed by atoms with Crippen molar-refractivity contribution in [2.45, 2.75) is 0 Å². The van der Waals surface area contributed by atoms with Gasteiger partial charge in [-0.3, -0.25) is 4.79 Å². The number of carboxylic acid groups (broad SMARTS) is 1. The van der Waals surface area contributed by atoms with Gasteiger partial charge in [0.1, 0.15) is 0 Å². The Bertz CT molecular complexity index is 600. The summed E-state index contributed by atoms with van der Waals surface area (Å²) in [7, 11) is 0. The lowest BCUT2D eigenvalue weighted by atomic mass is 10.1. The molecule has 92 valence electrons. The fourth-order valence-corrected chi connectivity index (χ4v) is 1.93. The van der Waals surface area contributed by atoms with E-state index in [1.54, 1.807) is 0 Å². The highest BCUT2D eigenvalue weighted by atomic mass is 35.5. The summed E-state index contributed by atoms with van der Waals surface area (Å²) in [5.41, 5.74) is 0.0694. The summed E-state index contributed by atoms with van der Waals surface area (Å²) >= 11 is 6.89. The van der Waals surface area contributed by atoms with Gasteiger partial charge in [0.2, 0.25) is 0 Å². The number of rotatable bonds is 3. The van der Waals surface area contributed by atoms with E-state index < -0.39 is 11.9 Å². The van der Waals surface area contributed by atoms with Crippen LogP contribution in [0.25, 0.3) is 0 Å². The summed E-state index contributed by atoms with van der Waals surface area (Å²) in [5.74, 6) is -1.73. The van der Waals surface area contributed by atoms with Crippen LogP contribution >= 0.6 is 23.1 Å². The van der Waals surface area contributed by atoms with Crippen molar-refractivity contribution in [2.75, 3.05) is 5.32 Å². The van der Waals surface area contributed by atoms with Gasteiger partial charge in [0.15, 0.2) is 5.69 Å². The predicted octanol–water partition coefficient (Wildman–Crippen LogP) is 2.14. The largest absolute Gasteiger partial charge is 0.478 e. The van der Waals surface area contributed by atoms with Crippen LogP contribution in [0.2, 0.25) is 5.02 Å². The number of para-hydroxylation sites is 1. The van der Waals surface area contributed by atoms with E-state index in [0.29, 0.717) is 0 Å². The average molecular weight is 284 g/mol. The van der Waals surface area contributed by atoms with E-state index in [1.807, 2.05) is 0 Å². The molecule has 1 aromatic carbocycles. The summed E-state index contributed by atoms with van der Waals surface area (Å²) in [6.45, 7) is 0. The number of benzene rings is 1. The van der Waals surface area contributed by atoms with Gasteiger partial charge in [-0.1, -0.05) is 22.2 Å². The van der Waals surface area contributed by atoms with Crippen LogP contribution in [0.4, 0.5) is 5.69 Å². The summed E-state index contributed by atoms with van der Waals surface area (Å²) < 4.78 is 3.55. The van der Waals surface area contributed by atoms with Crippen molar-refractivity contribution in [3.63, 3.8) is 0 Å². The third-order valence-electron chi connectivity index (χ3n) is 2.08. The first-order valence-corrected chi connectivity index (χ1v) is 5.91.